The molecule has 5 heteroatoms. The Morgan fingerprint density at radius 2 is 2.13 bits per heavy atom. The van der Waals surface area contributed by atoms with E-state index in [4.69, 9.17) is 4.74 Å². The van der Waals surface area contributed by atoms with Crippen LogP contribution in [0.5, 0.6) is 5.75 Å². The SMILES string of the molecule is CNCCNC(=O)Oc1ccccc1Br. The first-order valence-corrected chi connectivity index (χ1v) is 5.38. The first-order chi connectivity index (χ1) is 7.24. The molecule has 1 aromatic rings. The van der Waals surface area contributed by atoms with Gasteiger partial charge in [-0.15, -0.1) is 0 Å². The second-order valence-corrected chi connectivity index (χ2v) is 3.70. The fourth-order valence-corrected chi connectivity index (χ4v) is 1.32. The third-order valence-electron chi connectivity index (χ3n) is 1.68. The Morgan fingerprint density at radius 3 is 2.80 bits per heavy atom. The van der Waals surface area contributed by atoms with E-state index >= 15 is 0 Å². The van der Waals surface area contributed by atoms with Crippen molar-refractivity contribution in [2.45, 2.75) is 0 Å². The van der Waals surface area contributed by atoms with Crippen molar-refractivity contribution < 1.29 is 9.53 Å². The highest BCUT2D eigenvalue weighted by Gasteiger charge is 2.05. The molecule has 0 unspecified atom stereocenters. The molecule has 0 aliphatic rings. The molecule has 0 radical (unpaired) electrons. The number of carbonyl (C=O) groups excluding carboxylic acids is 1. The summed E-state index contributed by atoms with van der Waals surface area (Å²) in [5.74, 6) is 0.513. The summed E-state index contributed by atoms with van der Waals surface area (Å²) in [6.45, 7) is 1.25. The number of amides is 1. The number of nitrogens with one attached hydrogen (secondary N) is 2. The zero-order valence-electron chi connectivity index (χ0n) is 8.42. The first kappa shape index (κ1) is 12.0. The molecule has 82 valence electrons. The molecular weight excluding hydrogens is 260 g/mol. The summed E-state index contributed by atoms with van der Waals surface area (Å²) in [7, 11) is 1.82. The number of hydrogen-bond donors (Lipinski definition) is 2. The van der Waals surface area contributed by atoms with Crippen LogP contribution < -0.4 is 15.4 Å². The Kier molecular flexibility index (Phi) is 5.14. The largest absolute Gasteiger partial charge is 0.412 e. The number of para-hydroxylation sites is 1. The van der Waals surface area contributed by atoms with E-state index in [2.05, 4.69) is 26.6 Å². The fourth-order valence-electron chi connectivity index (χ4n) is 0.953. The smallest absolute Gasteiger partial charge is 0.409 e. The minimum atomic E-state index is -0.447. The molecule has 1 aromatic carbocycles. The lowest BCUT2D eigenvalue weighted by molar-refractivity contribution is 0.200. The molecule has 0 aromatic heterocycles. The number of likely N-dealkylation sites (N-methyl/N-ethyl adjacent to an activating group) is 1. The van der Waals surface area contributed by atoms with Gasteiger partial charge in [0.2, 0.25) is 0 Å². The second kappa shape index (κ2) is 6.42. The number of ether oxygens (including phenoxy) is 1. The third kappa shape index (κ3) is 4.31. The summed E-state index contributed by atoms with van der Waals surface area (Å²) >= 11 is 3.29. The maximum atomic E-state index is 11.3. The normalized spacial score (nSPS) is 9.73. The lowest BCUT2D eigenvalue weighted by Gasteiger charge is -2.07. The van der Waals surface area contributed by atoms with Crippen LogP contribution in [0, 0.1) is 0 Å². The van der Waals surface area contributed by atoms with Gasteiger partial charge in [0, 0.05) is 13.1 Å². The van der Waals surface area contributed by atoms with Crippen molar-refractivity contribution in [2.24, 2.45) is 0 Å². The molecule has 0 saturated heterocycles. The molecule has 0 spiro atoms. The molecular formula is C10H13BrN2O2. The summed E-state index contributed by atoms with van der Waals surface area (Å²) in [6, 6.07) is 7.20. The lowest BCUT2D eigenvalue weighted by atomic mass is 10.3. The van der Waals surface area contributed by atoms with Crippen LogP contribution in [0.25, 0.3) is 0 Å². The zero-order chi connectivity index (χ0) is 11.1. The Balaban J connectivity index is 2.41. The lowest BCUT2D eigenvalue weighted by Crippen LogP contribution is -2.32. The van der Waals surface area contributed by atoms with Crippen molar-refractivity contribution in [2.75, 3.05) is 20.1 Å². The van der Waals surface area contributed by atoms with Gasteiger partial charge in [-0.1, -0.05) is 12.1 Å². The highest BCUT2D eigenvalue weighted by Crippen LogP contribution is 2.23. The molecule has 0 bridgehead atoms. The van der Waals surface area contributed by atoms with Gasteiger partial charge in [-0.2, -0.15) is 0 Å². The van der Waals surface area contributed by atoms with E-state index < -0.39 is 6.09 Å². The Labute approximate surface area is 97.1 Å². The van der Waals surface area contributed by atoms with Gasteiger partial charge in [0.1, 0.15) is 5.75 Å². The van der Waals surface area contributed by atoms with Gasteiger partial charge in [0.05, 0.1) is 4.47 Å². The molecule has 0 fully saturated rings. The minimum Gasteiger partial charge on any atom is -0.409 e. The maximum absolute atomic E-state index is 11.3. The summed E-state index contributed by atoms with van der Waals surface area (Å²) in [5, 5.41) is 5.53. The van der Waals surface area contributed by atoms with Crippen molar-refractivity contribution in [1.82, 2.24) is 10.6 Å². The van der Waals surface area contributed by atoms with Crippen LogP contribution in [-0.2, 0) is 0 Å². The van der Waals surface area contributed by atoms with Crippen LogP contribution in [0.1, 0.15) is 0 Å². The van der Waals surface area contributed by atoms with Gasteiger partial charge >= 0.3 is 6.09 Å². The van der Waals surface area contributed by atoms with Crippen molar-refractivity contribution in [3.05, 3.63) is 28.7 Å². The quantitative estimate of drug-likeness (QED) is 0.822. The topological polar surface area (TPSA) is 50.4 Å². The molecule has 15 heavy (non-hydrogen) atoms. The maximum Gasteiger partial charge on any atom is 0.412 e. The highest BCUT2D eigenvalue weighted by atomic mass is 79.9. The van der Waals surface area contributed by atoms with Gasteiger partial charge in [-0.3, -0.25) is 0 Å². The van der Waals surface area contributed by atoms with E-state index in [9.17, 15) is 4.79 Å². The summed E-state index contributed by atoms with van der Waals surface area (Å²) in [5.41, 5.74) is 0. The summed E-state index contributed by atoms with van der Waals surface area (Å²) in [6.07, 6.45) is -0.447. The molecule has 1 rings (SSSR count). The van der Waals surface area contributed by atoms with Gasteiger partial charge in [-0.05, 0) is 35.1 Å². The van der Waals surface area contributed by atoms with Crippen LogP contribution >= 0.6 is 15.9 Å². The van der Waals surface area contributed by atoms with Gasteiger partial charge in [0.25, 0.3) is 0 Å². The summed E-state index contributed by atoms with van der Waals surface area (Å²) < 4.78 is 5.83. The first-order valence-electron chi connectivity index (χ1n) is 4.59. The van der Waals surface area contributed by atoms with Crippen LogP contribution in [0.15, 0.2) is 28.7 Å². The average molecular weight is 273 g/mol. The predicted octanol–water partition coefficient (Wildman–Crippen LogP) is 1.76. The van der Waals surface area contributed by atoms with E-state index in [1.54, 1.807) is 12.1 Å². The van der Waals surface area contributed by atoms with Crippen LogP contribution in [-0.4, -0.2) is 26.2 Å². The zero-order valence-corrected chi connectivity index (χ0v) is 10.0. The fraction of sp³-hybridized carbons (Fsp3) is 0.300. The van der Waals surface area contributed by atoms with Gasteiger partial charge in [0.15, 0.2) is 0 Å². The molecule has 0 saturated carbocycles. The van der Waals surface area contributed by atoms with Crippen molar-refractivity contribution in [3.8, 4) is 5.75 Å². The van der Waals surface area contributed by atoms with Crippen molar-refractivity contribution >= 4 is 22.0 Å². The van der Waals surface area contributed by atoms with Crippen molar-refractivity contribution in [3.63, 3.8) is 0 Å². The number of hydrogen-bond acceptors (Lipinski definition) is 3. The second-order valence-electron chi connectivity index (χ2n) is 2.85. The van der Waals surface area contributed by atoms with Crippen molar-refractivity contribution in [1.29, 1.82) is 0 Å². The van der Waals surface area contributed by atoms with Gasteiger partial charge < -0.3 is 15.4 Å². The van der Waals surface area contributed by atoms with Crippen LogP contribution in [0.2, 0.25) is 0 Å². The number of halogens is 1. The third-order valence-corrected chi connectivity index (χ3v) is 2.34. The van der Waals surface area contributed by atoms with Crippen LogP contribution in [0.3, 0.4) is 0 Å². The highest BCUT2D eigenvalue weighted by molar-refractivity contribution is 9.10. The van der Waals surface area contributed by atoms with E-state index in [0.29, 0.717) is 18.8 Å². The minimum absolute atomic E-state index is 0.447. The average Bonchev–Trinajstić information content (AvgIpc) is 2.22. The number of carbonyl (C=O) groups is 1. The number of rotatable bonds is 4. The standard InChI is InChI=1S/C10H13BrN2O2/c1-12-6-7-13-10(14)15-9-5-3-2-4-8(9)11/h2-5,12H,6-7H2,1H3,(H,13,14). The Bertz CT molecular complexity index is 331. The number of benzene rings is 1. The van der Waals surface area contributed by atoms with E-state index in [0.717, 1.165) is 4.47 Å². The van der Waals surface area contributed by atoms with Crippen LogP contribution in [0.4, 0.5) is 4.79 Å². The molecule has 4 nitrogen and oxygen atoms in total. The molecule has 2 N–H and O–H groups in total. The Morgan fingerprint density at radius 1 is 1.40 bits per heavy atom. The van der Waals surface area contributed by atoms with E-state index in [-0.39, 0.29) is 0 Å². The Hall–Kier alpha value is -1.07. The molecule has 1 amide bonds. The van der Waals surface area contributed by atoms with E-state index in [1.165, 1.54) is 0 Å². The molecule has 0 aliphatic heterocycles. The molecule has 0 heterocycles. The van der Waals surface area contributed by atoms with Gasteiger partial charge in [-0.25, -0.2) is 4.79 Å². The summed E-state index contributed by atoms with van der Waals surface area (Å²) in [4.78, 5) is 11.3. The monoisotopic (exact) mass is 272 g/mol. The van der Waals surface area contributed by atoms with E-state index in [1.807, 2.05) is 19.2 Å². The molecule has 0 aliphatic carbocycles. The predicted molar refractivity (Wildman–Crippen MR) is 62.1 cm³/mol. The molecule has 0 atom stereocenters.